The molecular weight excluding hydrogens is 290 g/mol. The molecule has 1 heterocycles. The second-order valence-corrected chi connectivity index (χ2v) is 5.86. The highest BCUT2D eigenvalue weighted by Crippen LogP contribution is 2.29. The summed E-state index contributed by atoms with van der Waals surface area (Å²) in [5, 5.41) is 4.26. The number of hydrogen-bond acceptors (Lipinski definition) is 1. The third-order valence-corrected chi connectivity index (χ3v) is 4.19. The van der Waals surface area contributed by atoms with Gasteiger partial charge in [0.25, 0.3) is 0 Å². The first-order valence-corrected chi connectivity index (χ1v) is 7.70. The minimum absolute atomic E-state index is 0.749. The lowest BCUT2D eigenvalue weighted by Crippen LogP contribution is -1.95. The molecule has 0 fully saturated rings. The highest BCUT2D eigenvalue weighted by atomic mass is 35.5. The Hall–Kier alpha value is -2.38. The summed E-state index contributed by atoms with van der Waals surface area (Å²) in [6, 6.07) is 24.7. The number of benzene rings is 3. The summed E-state index contributed by atoms with van der Waals surface area (Å²) in [6.45, 7) is 0. The van der Waals surface area contributed by atoms with Gasteiger partial charge in [-0.15, -0.1) is 0 Å². The standard InChI is InChI=1S/C20H14ClN/c21-15-10-11-16-17-8-4-5-9-19(17)22-20(18(16)13-15)12-14-6-2-1-3-7-14/h1-11,13H,12H2. The average molecular weight is 304 g/mol. The molecule has 1 nitrogen and oxygen atoms in total. The van der Waals surface area contributed by atoms with Gasteiger partial charge in [0.15, 0.2) is 0 Å². The molecule has 0 radical (unpaired) electrons. The zero-order chi connectivity index (χ0) is 14.9. The van der Waals surface area contributed by atoms with E-state index in [0.717, 1.165) is 28.0 Å². The lowest BCUT2D eigenvalue weighted by atomic mass is 10.00. The van der Waals surface area contributed by atoms with Gasteiger partial charge in [-0.2, -0.15) is 0 Å². The number of para-hydroxylation sites is 1. The first-order valence-electron chi connectivity index (χ1n) is 7.32. The van der Waals surface area contributed by atoms with E-state index < -0.39 is 0 Å². The van der Waals surface area contributed by atoms with Gasteiger partial charge in [0.2, 0.25) is 0 Å². The second kappa shape index (κ2) is 5.43. The molecule has 106 valence electrons. The fraction of sp³-hybridized carbons (Fsp3) is 0.0500. The van der Waals surface area contributed by atoms with E-state index in [1.807, 2.05) is 24.3 Å². The maximum absolute atomic E-state index is 6.22. The van der Waals surface area contributed by atoms with E-state index in [2.05, 4.69) is 48.5 Å². The Labute approximate surface area is 134 Å². The quantitative estimate of drug-likeness (QED) is 0.437. The molecule has 1 aromatic heterocycles. The molecule has 0 saturated carbocycles. The van der Waals surface area contributed by atoms with E-state index >= 15 is 0 Å². The Morgan fingerprint density at radius 1 is 0.727 bits per heavy atom. The molecule has 22 heavy (non-hydrogen) atoms. The van der Waals surface area contributed by atoms with Crippen LogP contribution in [-0.2, 0) is 6.42 Å². The predicted molar refractivity (Wildman–Crippen MR) is 93.5 cm³/mol. The number of hydrogen-bond donors (Lipinski definition) is 0. The van der Waals surface area contributed by atoms with Crippen molar-refractivity contribution in [2.24, 2.45) is 0 Å². The molecule has 0 amide bonds. The van der Waals surface area contributed by atoms with E-state index in [-0.39, 0.29) is 0 Å². The van der Waals surface area contributed by atoms with Crippen molar-refractivity contribution in [3.05, 3.63) is 89.1 Å². The van der Waals surface area contributed by atoms with Crippen LogP contribution in [-0.4, -0.2) is 4.98 Å². The van der Waals surface area contributed by atoms with Gasteiger partial charge < -0.3 is 0 Å². The molecule has 3 aromatic carbocycles. The van der Waals surface area contributed by atoms with E-state index in [1.54, 1.807) is 0 Å². The first kappa shape index (κ1) is 13.3. The maximum Gasteiger partial charge on any atom is 0.0711 e. The van der Waals surface area contributed by atoms with Crippen molar-refractivity contribution < 1.29 is 0 Å². The van der Waals surface area contributed by atoms with E-state index in [1.165, 1.54) is 16.3 Å². The molecule has 0 N–H and O–H groups in total. The Bertz CT molecular complexity index is 961. The van der Waals surface area contributed by atoms with Crippen molar-refractivity contribution in [2.45, 2.75) is 6.42 Å². The van der Waals surface area contributed by atoms with Gasteiger partial charge in [-0.05, 0) is 29.1 Å². The molecule has 2 heteroatoms. The van der Waals surface area contributed by atoms with Gasteiger partial charge in [-0.25, -0.2) is 0 Å². The molecule has 0 spiro atoms. The van der Waals surface area contributed by atoms with Crippen molar-refractivity contribution in [1.29, 1.82) is 0 Å². The monoisotopic (exact) mass is 303 g/mol. The van der Waals surface area contributed by atoms with E-state index in [4.69, 9.17) is 16.6 Å². The van der Waals surface area contributed by atoms with E-state index in [9.17, 15) is 0 Å². The van der Waals surface area contributed by atoms with E-state index in [0.29, 0.717) is 0 Å². The van der Waals surface area contributed by atoms with Crippen molar-refractivity contribution in [3.63, 3.8) is 0 Å². The smallest absolute Gasteiger partial charge is 0.0711 e. The second-order valence-electron chi connectivity index (χ2n) is 5.43. The summed E-state index contributed by atoms with van der Waals surface area (Å²) in [7, 11) is 0. The molecule has 0 unspecified atom stereocenters. The van der Waals surface area contributed by atoms with Crippen LogP contribution in [0.4, 0.5) is 0 Å². The van der Waals surface area contributed by atoms with Crippen molar-refractivity contribution in [3.8, 4) is 0 Å². The van der Waals surface area contributed by atoms with Gasteiger partial charge in [0, 0.05) is 22.2 Å². The lowest BCUT2D eigenvalue weighted by molar-refractivity contribution is 1.12. The number of halogens is 1. The number of aromatic nitrogens is 1. The molecular formula is C20H14ClN. The minimum Gasteiger partial charge on any atom is -0.252 e. The molecule has 4 rings (SSSR count). The van der Waals surface area contributed by atoms with Crippen LogP contribution in [0.15, 0.2) is 72.8 Å². The molecule has 0 atom stereocenters. The van der Waals surface area contributed by atoms with Crippen LogP contribution in [0.5, 0.6) is 0 Å². The van der Waals surface area contributed by atoms with Gasteiger partial charge in [0.05, 0.1) is 11.2 Å². The topological polar surface area (TPSA) is 12.9 Å². The Morgan fingerprint density at radius 2 is 1.50 bits per heavy atom. The van der Waals surface area contributed by atoms with Crippen LogP contribution in [0.3, 0.4) is 0 Å². The number of fused-ring (bicyclic) bond motifs is 3. The summed E-state index contributed by atoms with van der Waals surface area (Å²) in [5.74, 6) is 0. The predicted octanol–water partition coefficient (Wildman–Crippen LogP) is 5.63. The van der Waals surface area contributed by atoms with Crippen molar-refractivity contribution >= 4 is 33.3 Å². The summed E-state index contributed by atoms with van der Waals surface area (Å²) < 4.78 is 0. The summed E-state index contributed by atoms with van der Waals surface area (Å²) >= 11 is 6.22. The Morgan fingerprint density at radius 3 is 2.36 bits per heavy atom. The summed E-state index contributed by atoms with van der Waals surface area (Å²) in [4.78, 5) is 4.88. The van der Waals surface area contributed by atoms with Crippen LogP contribution in [0.2, 0.25) is 5.02 Å². The van der Waals surface area contributed by atoms with Crippen LogP contribution in [0.1, 0.15) is 11.3 Å². The Balaban J connectivity index is 2.00. The van der Waals surface area contributed by atoms with Crippen molar-refractivity contribution in [2.75, 3.05) is 0 Å². The third-order valence-electron chi connectivity index (χ3n) is 3.96. The molecule has 0 aliphatic rings. The van der Waals surface area contributed by atoms with Crippen LogP contribution in [0, 0.1) is 0 Å². The maximum atomic E-state index is 6.22. The SMILES string of the molecule is Clc1ccc2c(c1)c(Cc1ccccc1)nc1ccccc12. The fourth-order valence-electron chi connectivity index (χ4n) is 2.92. The van der Waals surface area contributed by atoms with Crippen LogP contribution in [0.25, 0.3) is 21.7 Å². The summed E-state index contributed by atoms with van der Waals surface area (Å²) in [5.41, 5.74) is 3.36. The number of pyridine rings is 1. The Kier molecular flexibility index (Phi) is 3.28. The molecule has 4 aromatic rings. The first-order chi connectivity index (χ1) is 10.8. The highest BCUT2D eigenvalue weighted by molar-refractivity contribution is 6.31. The van der Waals surface area contributed by atoms with Gasteiger partial charge in [-0.1, -0.05) is 66.2 Å². The largest absolute Gasteiger partial charge is 0.252 e. The third kappa shape index (κ3) is 2.34. The average Bonchev–Trinajstić information content (AvgIpc) is 2.56. The number of rotatable bonds is 2. The van der Waals surface area contributed by atoms with Gasteiger partial charge in [0.1, 0.15) is 0 Å². The molecule has 0 aliphatic carbocycles. The van der Waals surface area contributed by atoms with Gasteiger partial charge in [-0.3, -0.25) is 4.98 Å². The summed E-state index contributed by atoms with van der Waals surface area (Å²) in [6.07, 6.45) is 0.808. The van der Waals surface area contributed by atoms with Crippen LogP contribution < -0.4 is 0 Å². The lowest BCUT2D eigenvalue weighted by Gasteiger charge is -2.10. The minimum atomic E-state index is 0.749. The number of nitrogens with zero attached hydrogens (tertiary/aromatic N) is 1. The molecule has 0 saturated heterocycles. The highest BCUT2D eigenvalue weighted by Gasteiger charge is 2.09. The van der Waals surface area contributed by atoms with Crippen LogP contribution >= 0.6 is 11.6 Å². The van der Waals surface area contributed by atoms with Crippen molar-refractivity contribution in [1.82, 2.24) is 4.98 Å². The zero-order valence-electron chi connectivity index (χ0n) is 12.0. The van der Waals surface area contributed by atoms with Gasteiger partial charge >= 0.3 is 0 Å². The fourth-order valence-corrected chi connectivity index (χ4v) is 3.09. The molecule has 0 aliphatic heterocycles. The zero-order valence-corrected chi connectivity index (χ0v) is 12.7. The molecule has 0 bridgehead atoms. The normalized spacial score (nSPS) is 11.1.